The first kappa shape index (κ1) is 24.2. The zero-order valence-corrected chi connectivity index (χ0v) is 18.5. The van der Waals surface area contributed by atoms with Gasteiger partial charge in [0.1, 0.15) is 0 Å². The minimum atomic E-state index is -4.07. The number of amides is 1. The molecule has 0 aromatic heterocycles. The minimum Gasteiger partial charge on any atom is -0.449 e. The van der Waals surface area contributed by atoms with E-state index in [1.54, 1.807) is 24.3 Å². The second-order valence-electron chi connectivity index (χ2n) is 6.39. The predicted octanol–water partition coefficient (Wildman–Crippen LogP) is 3.57. The van der Waals surface area contributed by atoms with Crippen LogP contribution in [-0.4, -0.2) is 39.5 Å². The first-order chi connectivity index (χ1) is 14.7. The molecule has 0 heterocycles. The Kier molecular flexibility index (Phi) is 8.41. The first-order valence-electron chi connectivity index (χ1n) is 9.30. The van der Waals surface area contributed by atoms with Gasteiger partial charge in [-0.1, -0.05) is 42.0 Å². The normalized spacial score (nSPS) is 11.8. The van der Waals surface area contributed by atoms with Gasteiger partial charge in [0.2, 0.25) is 0 Å². The lowest BCUT2D eigenvalue weighted by molar-refractivity contribution is -0.128. The number of benzene rings is 2. The number of hydrogen-bond donors (Lipinski definition) is 1. The van der Waals surface area contributed by atoms with E-state index in [1.165, 1.54) is 43.3 Å². The maximum Gasteiger partial charge on any atom is 0.338 e. The number of sulfonamides is 1. The van der Waals surface area contributed by atoms with Crippen LogP contribution in [0.25, 0.3) is 0 Å². The van der Waals surface area contributed by atoms with Gasteiger partial charge in [0.05, 0.1) is 27.7 Å². The standard InChI is InChI=1S/C22H23ClN2O5S/c1-4-13-24-21(26)16(3)30-22(27)17-9-8-10-18(15-17)31(28,29)25(14-5-2)20-12-7-6-11-19(20)23/h4-12,15-16H,1-2,13-14H2,3H3,(H,24,26). The van der Waals surface area contributed by atoms with Crippen molar-refractivity contribution < 1.29 is 22.7 Å². The molecule has 0 aliphatic heterocycles. The van der Waals surface area contributed by atoms with Gasteiger partial charge in [0.15, 0.2) is 6.10 Å². The van der Waals surface area contributed by atoms with E-state index in [4.69, 9.17) is 16.3 Å². The third kappa shape index (κ3) is 5.96. The number of carbonyl (C=O) groups excluding carboxylic acids is 2. The number of hydrogen-bond acceptors (Lipinski definition) is 5. The number of ether oxygens (including phenoxy) is 1. The van der Waals surface area contributed by atoms with Crippen molar-refractivity contribution in [2.45, 2.75) is 17.9 Å². The van der Waals surface area contributed by atoms with Gasteiger partial charge in [-0.2, -0.15) is 0 Å². The molecular formula is C22H23ClN2O5S. The number of rotatable bonds is 10. The van der Waals surface area contributed by atoms with Crippen LogP contribution in [0.5, 0.6) is 0 Å². The number of nitrogens with one attached hydrogen (secondary N) is 1. The van der Waals surface area contributed by atoms with E-state index in [0.29, 0.717) is 0 Å². The Hall–Kier alpha value is -3.10. The highest BCUT2D eigenvalue weighted by atomic mass is 35.5. The van der Waals surface area contributed by atoms with Gasteiger partial charge < -0.3 is 10.1 Å². The molecule has 1 amide bonds. The summed E-state index contributed by atoms with van der Waals surface area (Å²) in [4.78, 5) is 24.2. The van der Waals surface area contributed by atoms with Crippen molar-refractivity contribution in [3.8, 4) is 0 Å². The molecule has 0 spiro atoms. The molecular weight excluding hydrogens is 440 g/mol. The summed E-state index contributed by atoms with van der Waals surface area (Å²) in [5, 5.41) is 2.77. The number of nitrogens with zero attached hydrogens (tertiary/aromatic N) is 1. The van der Waals surface area contributed by atoms with Crippen molar-refractivity contribution in [1.29, 1.82) is 0 Å². The van der Waals surface area contributed by atoms with Crippen LogP contribution in [0, 0.1) is 0 Å². The average Bonchev–Trinajstić information content (AvgIpc) is 2.76. The summed E-state index contributed by atoms with van der Waals surface area (Å²) in [7, 11) is -4.07. The van der Waals surface area contributed by atoms with Crippen LogP contribution in [-0.2, 0) is 19.6 Å². The summed E-state index contributed by atoms with van der Waals surface area (Å²) >= 11 is 6.19. The van der Waals surface area contributed by atoms with Crippen molar-refractivity contribution in [1.82, 2.24) is 5.32 Å². The van der Waals surface area contributed by atoms with Crippen molar-refractivity contribution in [2.75, 3.05) is 17.4 Å². The maximum absolute atomic E-state index is 13.3. The molecule has 2 aromatic carbocycles. The fraction of sp³-hybridized carbons (Fsp3) is 0.182. The molecule has 9 heteroatoms. The molecule has 1 N–H and O–H groups in total. The Bertz CT molecular complexity index is 1080. The van der Waals surface area contributed by atoms with Gasteiger partial charge in [0.25, 0.3) is 15.9 Å². The zero-order chi connectivity index (χ0) is 23.0. The Labute approximate surface area is 187 Å². The zero-order valence-electron chi connectivity index (χ0n) is 17.0. The van der Waals surface area contributed by atoms with E-state index in [9.17, 15) is 18.0 Å². The number of halogens is 1. The van der Waals surface area contributed by atoms with E-state index in [2.05, 4.69) is 18.5 Å². The lowest BCUT2D eigenvalue weighted by Gasteiger charge is -2.24. The topological polar surface area (TPSA) is 92.8 Å². The average molecular weight is 463 g/mol. The highest BCUT2D eigenvalue weighted by Crippen LogP contribution is 2.30. The van der Waals surface area contributed by atoms with Crippen molar-refractivity contribution >= 4 is 39.2 Å². The molecule has 31 heavy (non-hydrogen) atoms. The monoisotopic (exact) mass is 462 g/mol. The van der Waals surface area contributed by atoms with Gasteiger partial charge in [0, 0.05) is 6.54 Å². The number of para-hydroxylation sites is 1. The lowest BCUT2D eigenvalue weighted by Crippen LogP contribution is -2.36. The first-order valence-corrected chi connectivity index (χ1v) is 11.1. The fourth-order valence-corrected chi connectivity index (χ4v) is 4.40. The van der Waals surface area contributed by atoms with Gasteiger partial charge in [-0.15, -0.1) is 13.2 Å². The van der Waals surface area contributed by atoms with Gasteiger partial charge in [-0.3, -0.25) is 9.10 Å². The Morgan fingerprint density at radius 1 is 1.16 bits per heavy atom. The molecule has 1 unspecified atom stereocenters. The maximum atomic E-state index is 13.3. The van der Waals surface area contributed by atoms with Crippen LogP contribution in [0.15, 0.2) is 78.7 Å². The van der Waals surface area contributed by atoms with E-state index in [1.807, 2.05) is 0 Å². The lowest BCUT2D eigenvalue weighted by atomic mass is 10.2. The molecule has 0 aliphatic carbocycles. The Morgan fingerprint density at radius 2 is 1.87 bits per heavy atom. The molecule has 0 saturated heterocycles. The smallest absolute Gasteiger partial charge is 0.338 e. The Morgan fingerprint density at radius 3 is 2.52 bits per heavy atom. The van der Waals surface area contributed by atoms with Crippen LogP contribution in [0.2, 0.25) is 5.02 Å². The highest BCUT2D eigenvalue weighted by Gasteiger charge is 2.27. The van der Waals surface area contributed by atoms with Crippen LogP contribution < -0.4 is 9.62 Å². The summed E-state index contributed by atoms with van der Waals surface area (Å²) in [6.07, 6.45) is 1.87. The minimum absolute atomic E-state index is 0.0119. The van der Waals surface area contributed by atoms with Crippen LogP contribution in [0.1, 0.15) is 17.3 Å². The van der Waals surface area contributed by atoms with Gasteiger partial charge in [-0.05, 0) is 37.3 Å². The summed E-state index contributed by atoms with van der Waals surface area (Å²) < 4.78 is 32.8. The molecule has 2 rings (SSSR count). The van der Waals surface area contributed by atoms with Crippen LogP contribution in [0.4, 0.5) is 5.69 Å². The molecule has 0 bridgehead atoms. The predicted molar refractivity (Wildman–Crippen MR) is 121 cm³/mol. The van der Waals surface area contributed by atoms with Crippen LogP contribution >= 0.6 is 11.6 Å². The number of carbonyl (C=O) groups is 2. The summed E-state index contributed by atoms with van der Waals surface area (Å²) in [6, 6.07) is 11.9. The molecule has 0 radical (unpaired) electrons. The molecule has 2 aromatic rings. The van der Waals surface area contributed by atoms with E-state index >= 15 is 0 Å². The van der Waals surface area contributed by atoms with Crippen molar-refractivity contribution in [3.05, 3.63) is 84.4 Å². The SMILES string of the molecule is C=CCNC(=O)C(C)OC(=O)c1cccc(S(=O)(=O)N(CC=C)c2ccccc2Cl)c1. The van der Waals surface area contributed by atoms with Crippen molar-refractivity contribution in [2.24, 2.45) is 0 Å². The highest BCUT2D eigenvalue weighted by molar-refractivity contribution is 7.92. The largest absolute Gasteiger partial charge is 0.449 e. The van der Waals surface area contributed by atoms with Crippen molar-refractivity contribution in [3.63, 3.8) is 0 Å². The van der Waals surface area contributed by atoms with E-state index in [0.717, 1.165) is 4.31 Å². The quantitative estimate of drug-likeness (QED) is 0.430. The van der Waals surface area contributed by atoms with Gasteiger partial charge >= 0.3 is 5.97 Å². The summed E-state index contributed by atoms with van der Waals surface area (Å²) in [6.45, 7) is 8.72. The van der Waals surface area contributed by atoms with E-state index in [-0.39, 0.29) is 34.3 Å². The van der Waals surface area contributed by atoms with Crippen LogP contribution in [0.3, 0.4) is 0 Å². The second-order valence-corrected chi connectivity index (χ2v) is 8.65. The Balaban J connectivity index is 2.32. The third-order valence-corrected chi connectivity index (χ3v) is 6.24. The molecule has 164 valence electrons. The molecule has 0 aliphatic rings. The number of anilines is 1. The third-order valence-electron chi connectivity index (χ3n) is 4.15. The summed E-state index contributed by atoms with van der Waals surface area (Å²) in [5.74, 6) is -1.32. The second kappa shape index (κ2) is 10.8. The molecule has 7 nitrogen and oxygen atoms in total. The number of esters is 1. The summed E-state index contributed by atoms with van der Waals surface area (Å²) in [5.41, 5.74) is 0.270. The van der Waals surface area contributed by atoms with Gasteiger partial charge in [-0.25, -0.2) is 13.2 Å². The fourth-order valence-electron chi connectivity index (χ4n) is 2.61. The molecule has 0 saturated carbocycles. The molecule has 0 fully saturated rings. The van der Waals surface area contributed by atoms with E-state index < -0.39 is 28.0 Å². The molecule has 1 atom stereocenters.